The van der Waals surface area contributed by atoms with E-state index in [-0.39, 0.29) is 18.1 Å². The average Bonchev–Trinajstić information content (AvgIpc) is 2.56. The number of likely N-dealkylation sites (N-methyl/N-ethyl adjacent to an activating group) is 1. The van der Waals surface area contributed by atoms with E-state index in [1.807, 2.05) is 42.5 Å². The van der Waals surface area contributed by atoms with E-state index in [0.717, 1.165) is 16.7 Å². The second-order valence-electron chi connectivity index (χ2n) is 5.50. The van der Waals surface area contributed by atoms with Crippen molar-refractivity contribution in [2.24, 2.45) is 0 Å². The van der Waals surface area contributed by atoms with Crippen LogP contribution in [0.5, 0.6) is 0 Å². The van der Waals surface area contributed by atoms with Crippen molar-refractivity contribution >= 4 is 17.3 Å². The highest BCUT2D eigenvalue weighted by Gasteiger charge is 2.11. The number of hydrogen-bond acceptors (Lipinski definition) is 2. The summed E-state index contributed by atoms with van der Waals surface area (Å²) in [5, 5.41) is 0. The van der Waals surface area contributed by atoms with Crippen molar-refractivity contribution in [2.75, 3.05) is 13.6 Å². The van der Waals surface area contributed by atoms with Crippen LogP contribution in [0.4, 0.5) is 0 Å². The predicted molar refractivity (Wildman–Crippen MR) is 92.9 cm³/mol. The molecule has 0 aliphatic carbocycles. The summed E-state index contributed by atoms with van der Waals surface area (Å²) in [5.41, 5.74) is 3.28. The monoisotopic (exact) mass is 307 g/mol. The molecule has 2 rings (SSSR count). The number of carbonyl (C=O) groups is 2. The van der Waals surface area contributed by atoms with Gasteiger partial charge in [0.05, 0.1) is 6.42 Å². The number of carbonyl (C=O) groups excluding carboxylic acids is 2. The van der Waals surface area contributed by atoms with E-state index >= 15 is 0 Å². The van der Waals surface area contributed by atoms with Crippen LogP contribution >= 0.6 is 0 Å². The minimum absolute atomic E-state index is 0.0453. The molecule has 3 nitrogen and oxygen atoms in total. The first kappa shape index (κ1) is 16.7. The van der Waals surface area contributed by atoms with Crippen molar-refractivity contribution < 1.29 is 9.59 Å². The number of amides is 1. The molecule has 0 heterocycles. The molecule has 2 aromatic carbocycles. The van der Waals surface area contributed by atoms with Crippen LogP contribution in [0.2, 0.25) is 0 Å². The molecule has 2 aromatic rings. The third-order valence-corrected chi connectivity index (χ3v) is 3.56. The molecule has 1 amide bonds. The van der Waals surface area contributed by atoms with Gasteiger partial charge in [-0.3, -0.25) is 9.59 Å². The van der Waals surface area contributed by atoms with Crippen molar-refractivity contribution in [2.45, 2.75) is 13.3 Å². The molecular formula is C20H21NO2. The first-order valence-corrected chi connectivity index (χ1v) is 7.62. The molecule has 0 unspecified atom stereocenters. The lowest BCUT2D eigenvalue weighted by molar-refractivity contribution is -0.133. The van der Waals surface area contributed by atoms with E-state index in [1.54, 1.807) is 11.9 Å². The summed E-state index contributed by atoms with van der Waals surface area (Å²) in [4.78, 5) is 24.6. The summed E-state index contributed by atoms with van der Waals surface area (Å²) in [6, 6.07) is 20.2. The molecule has 0 N–H and O–H groups in total. The van der Waals surface area contributed by atoms with Crippen molar-refractivity contribution in [1.82, 2.24) is 4.90 Å². The summed E-state index contributed by atoms with van der Waals surface area (Å²) < 4.78 is 0. The highest BCUT2D eigenvalue weighted by atomic mass is 16.2. The van der Waals surface area contributed by atoms with E-state index in [1.165, 1.54) is 6.92 Å². The highest BCUT2D eigenvalue weighted by molar-refractivity contribution is 5.96. The van der Waals surface area contributed by atoms with Gasteiger partial charge in [0.25, 0.3) is 0 Å². The number of benzene rings is 2. The molecule has 0 radical (unpaired) electrons. The summed E-state index contributed by atoms with van der Waals surface area (Å²) >= 11 is 0. The standard InChI is InChI=1S/C20H21NO2/c1-16(22)15-20(23)21(2)14-13-19(17-9-5-3-6-10-17)18-11-7-4-8-12-18/h3-13H,14-15H2,1-2H3. The fourth-order valence-electron chi connectivity index (χ4n) is 2.32. The van der Waals surface area contributed by atoms with Gasteiger partial charge in [-0.05, 0) is 23.6 Å². The van der Waals surface area contributed by atoms with E-state index in [2.05, 4.69) is 24.3 Å². The second kappa shape index (κ2) is 8.08. The van der Waals surface area contributed by atoms with Gasteiger partial charge in [-0.15, -0.1) is 0 Å². The zero-order valence-electron chi connectivity index (χ0n) is 13.5. The van der Waals surface area contributed by atoms with Gasteiger partial charge in [-0.25, -0.2) is 0 Å². The Labute approximate surface area is 137 Å². The molecule has 0 aromatic heterocycles. The average molecular weight is 307 g/mol. The Balaban J connectivity index is 2.24. The van der Waals surface area contributed by atoms with Gasteiger partial charge in [-0.1, -0.05) is 66.7 Å². The number of rotatable bonds is 6. The molecule has 23 heavy (non-hydrogen) atoms. The molecule has 0 spiro atoms. The Morgan fingerprint density at radius 1 is 0.913 bits per heavy atom. The van der Waals surface area contributed by atoms with Gasteiger partial charge >= 0.3 is 0 Å². The van der Waals surface area contributed by atoms with Gasteiger partial charge < -0.3 is 4.90 Å². The number of Topliss-reactive ketones (excluding diaryl/α,β-unsaturated/α-hetero) is 1. The first-order chi connectivity index (χ1) is 11.1. The summed E-state index contributed by atoms with van der Waals surface area (Å²) in [7, 11) is 1.72. The van der Waals surface area contributed by atoms with Crippen LogP contribution < -0.4 is 0 Å². The third kappa shape index (κ3) is 4.92. The lowest BCUT2D eigenvalue weighted by atomic mass is 9.97. The van der Waals surface area contributed by atoms with Crippen molar-refractivity contribution in [3.05, 3.63) is 77.9 Å². The van der Waals surface area contributed by atoms with E-state index in [9.17, 15) is 9.59 Å². The molecular weight excluding hydrogens is 286 g/mol. The van der Waals surface area contributed by atoms with Crippen LogP contribution in [0, 0.1) is 0 Å². The zero-order valence-corrected chi connectivity index (χ0v) is 13.5. The van der Waals surface area contributed by atoms with E-state index in [0.29, 0.717) is 6.54 Å². The largest absolute Gasteiger partial charge is 0.342 e. The topological polar surface area (TPSA) is 37.4 Å². The molecule has 0 aliphatic rings. The lowest BCUT2D eigenvalue weighted by Gasteiger charge is -2.16. The van der Waals surface area contributed by atoms with Crippen LogP contribution in [0.3, 0.4) is 0 Å². The SMILES string of the molecule is CC(=O)CC(=O)N(C)CC=C(c1ccccc1)c1ccccc1. The van der Waals surface area contributed by atoms with Crippen molar-refractivity contribution in [1.29, 1.82) is 0 Å². The maximum atomic E-state index is 11.9. The first-order valence-electron chi connectivity index (χ1n) is 7.62. The fraction of sp³-hybridized carbons (Fsp3) is 0.200. The minimum atomic E-state index is -0.158. The summed E-state index contributed by atoms with van der Waals surface area (Å²) in [6.45, 7) is 1.90. The molecule has 0 saturated heterocycles. The molecule has 0 atom stereocenters. The molecule has 118 valence electrons. The Kier molecular flexibility index (Phi) is 5.87. The molecule has 0 aliphatic heterocycles. The number of ketones is 1. The Bertz CT molecular complexity index is 649. The van der Waals surface area contributed by atoms with Crippen LogP contribution in [-0.4, -0.2) is 30.2 Å². The summed E-state index contributed by atoms with van der Waals surface area (Å²) in [6.07, 6.45) is 1.99. The smallest absolute Gasteiger partial charge is 0.230 e. The van der Waals surface area contributed by atoms with Gasteiger partial charge in [0, 0.05) is 13.6 Å². The summed E-state index contributed by atoms with van der Waals surface area (Å²) in [5.74, 6) is -0.272. The second-order valence-corrected chi connectivity index (χ2v) is 5.50. The normalized spacial score (nSPS) is 10.0. The number of nitrogens with zero attached hydrogens (tertiary/aromatic N) is 1. The fourth-order valence-corrected chi connectivity index (χ4v) is 2.32. The molecule has 0 saturated carbocycles. The van der Waals surface area contributed by atoms with Gasteiger partial charge in [0.1, 0.15) is 5.78 Å². The van der Waals surface area contributed by atoms with Crippen LogP contribution in [-0.2, 0) is 9.59 Å². The maximum absolute atomic E-state index is 11.9. The Hall–Kier alpha value is -2.68. The minimum Gasteiger partial charge on any atom is -0.342 e. The van der Waals surface area contributed by atoms with Gasteiger partial charge in [0.2, 0.25) is 5.91 Å². The predicted octanol–water partition coefficient (Wildman–Crippen LogP) is 3.56. The van der Waals surface area contributed by atoms with Gasteiger partial charge in [0.15, 0.2) is 0 Å². The molecule has 0 fully saturated rings. The van der Waals surface area contributed by atoms with Gasteiger partial charge in [-0.2, -0.15) is 0 Å². The van der Waals surface area contributed by atoms with Crippen molar-refractivity contribution in [3.63, 3.8) is 0 Å². The van der Waals surface area contributed by atoms with Crippen LogP contribution in [0.25, 0.3) is 5.57 Å². The van der Waals surface area contributed by atoms with E-state index < -0.39 is 0 Å². The number of hydrogen-bond donors (Lipinski definition) is 0. The third-order valence-electron chi connectivity index (χ3n) is 3.56. The van der Waals surface area contributed by atoms with Crippen LogP contribution in [0.1, 0.15) is 24.5 Å². The van der Waals surface area contributed by atoms with Crippen LogP contribution in [0.15, 0.2) is 66.7 Å². The van der Waals surface area contributed by atoms with Crippen molar-refractivity contribution in [3.8, 4) is 0 Å². The molecule has 3 heteroatoms. The maximum Gasteiger partial charge on any atom is 0.230 e. The zero-order chi connectivity index (χ0) is 16.7. The Morgan fingerprint density at radius 3 is 1.83 bits per heavy atom. The molecule has 0 bridgehead atoms. The Morgan fingerprint density at radius 2 is 1.39 bits per heavy atom. The highest BCUT2D eigenvalue weighted by Crippen LogP contribution is 2.23. The lowest BCUT2D eigenvalue weighted by Crippen LogP contribution is -2.28. The van der Waals surface area contributed by atoms with E-state index in [4.69, 9.17) is 0 Å². The quantitative estimate of drug-likeness (QED) is 0.765.